The highest BCUT2D eigenvalue weighted by Gasteiger charge is 2.19. The Hall–Kier alpha value is -2.39. The minimum Gasteiger partial charge on any atom is -0.469 e. The molecule has 5 nitrogen and oxygen atoms in total. The van der Waals surface area contributed by atoms with Crippen molar-refractivity contribution in [3.63, 3.8) is 0 Å². The smallest absolute Gasteiger partial charge is 0.311 e. The number of hydrogen-bond acceptors (Lipinski definition) is 6. The second-order valence-electron chi connectivity index (χ2n) is 5.82. The number of carbonyl (C=O) groups is 1. The van der Waals surface area contributed by atoms with Gasteiger partial charge in [0.1, 0.15) is 17.3 Å². The van der Waals surface area contributed by atoms with Gasteiger partial charge in [-0.2, -0.15) is 5.10 Å². The van der Waals surface area contributed by atoms with Gasteiger partial charge in [0, 0.05) is 11.9 Å². The number of aromatic nitrogens is 2. The number of carbonyl (C=O) groups excluding carboxylic acids is 1. The van der Waals surface area contributed by atoms with Crippen LogP contribution in [0.1, 0.15) is 16.3 Å². The van der Waals surface area contributed by atoms with Gasteiger partial charge in [0.25, 0.3) is 0 Å². The zero-order valence-electron chi connectivity index (χ0n) is 15.2. The summed E-state index contributed by atoms with van der Waals surface area (Å²) in [6.45, 7) is 3.59. The first-order chi connectivity index (χ1) is 12.8. The first-order valence-corrected chi connectivity index (χ1v) is 9.64. The van der Waals surface area contributed by atoms with Gasteiger partial charge in [-0.15, -0.1) is 22.7 Å². The summed E-state index contributed by atoms with van der Waals surface area (Å²) in [6, 6.07) is 3.81. The standard InChI is InChI=1S/C18H17F2N3O2S2/c1-9-16(13(23(3)22-9)8-14(24)25-4)21-18-26-10(2)17(27-18)15-11(19)6-5-7-12(15)20/h5-7H,8H2,1-4H3. The van der Waals surface area contributed by atoms with Crippen LogP contribution in [0.25, 0.3) is 10.4 Å². The average molecular weight is 409 g/mol. The SMILES string of the molecule is COC(=O)Cc1c(N=c2sc(C)c(-c3c(F)cccc3F)s2)c(C)nn1C. The molecule has 0 spiro atoms. The Labute approximate surface area is 162 Å². The number of aryl methyl sites for hydroxylation is 3. The Balaban J connectivity index is 2.12. The van der Waals surface area contributed by atoms with Crippen LogP contribution in [-0.2, 0) is 23.0 Å². The van der Waals surface area contributed by atoms with Crippen LogP contribution in [0.4, 0.5) is 14.5 Å². The first-order valence-electron chi connectivity index (χ1n) is 8.00. The molecule has 0 amide bonds. The second-order valence-corrected chi connectivity index (χ2v) is 8.28. The summed E-state index contributed by atoms with van der Waals surface area (Å²) < 4.78 is 35.2. The van der Waals surface area contributed by atoms with Crippen molar-refractivity contribution in [3.05, 3.63) is 50.1 Å². The zero-order valence-corrected chi connectivity index (χ0v) is 16.8. The molecule has 0 unspecified atom stereocenters. The van der Waals surface area contributed by atoms with Crippen molar-refractivity contribution in [1.29, 1.82) is 0 Å². The molecule has 3 aromatic rings. The summed E-state index contributed by atoms with van der Waals surface area (Å²) in [5.41, 5.74) is 1.81. The lowest BCUT2D eigenvalue weighted by atomic mass is 10.1. The Morgan fingerprint density at radius 2 is 1.93 bits per heavy atom. The summed E-state index contributed by atoms with van der Waals surface area (Å²) in [6.07, 6.45) is 0.0382. The molecule has 1 aromatic carbocycles. The van der Waals surface area contributed by atoms with Gasteiger partial charge in [-0.05, 0) is 26.0 Å². The van der Waals surface area contributed by atoms with Gasteiger partial charge in [0.05, 0.1) is 35.4 Å². The fourth-order valence-corrected chi connectivity index (χ4v) is 5.07. The van der Waals surface area contributed by atoms with E-state index in [0.29, 0.717) is 25.9 Å². The van der Waals surface area contributed by atoms with Gasteiger partial charge in [-0.25, -0.2) is 13.8 Å². The van der Waals surface area contributed by atoms with Gasteiger partial charge >= 0.3 is 5.97 Å². The fourth-order valence-electron chi connectivity index (χ4n) is 2.68. The number of methoxy groups -OCH3 is 1. The minimum absolute atomic E-state index is 0.0382. The number of hydrogen-bond donors (Lipinski definition) is 0. The van der Waals surface area contributed by atoms with E-state index >= 15 is 0 Å². The summed E-state index contributed by atoms with van der Waals surface area (Å²) in [5, 5.41) is 4.31. The molecule has 2 heterocycles. The maximum atomic E-state index is 14.1. The lowest BCUT2D eigenvalue weighted by Crippen LogP contribution is -2.09. The van der Waals surface area contributed by atoms with Crippen LogP contribution in [0.15, 0.2) is 23.2 Å². The van der Waals surface area contributed by atoms with Crippen molar-refractivity contribution in [1.82, 2.24) is 9.78 Å². The van der Waals surface area contributed by atoms with Crippen molar-refractivity contribution in [2.75, 3.05) is 7.11 Å². The molecule has 142 valence electrons. The number of benzene rings is 1. The van der Waals surface area contributed by atoms with Crippen LogP contribution in [-0.4, -0.2) is 22.9 Å². The molecular weight excluding hydrogens is 392 g/mol. The molecule has 27 heavy (non-hydrogen) atoms. The van der Waals surface area contributed by atoms with Crippen LogP contribution >= 0.6 is 22.7 Å². The lowest BCUT2D eigenvalue weighted by Gasteiger charge is -2.02. The third-order valence-corrected chi connectivity index (χ3v) is 6.37. The lowest BCUT2D eigenvalue weighted by molar-refractivity contribution is -0.139. The van der Waals surface area contributed by atoms with E-state index in [2.05, 4.69) is 10.1 Å². The van der Waals surface area contributed by atoms with Crippen LogP contribution in [0.5, 0.6) is 0 Å². The molecule has 0 aliphatic carbocycles. The predicted molar refractivity (Wildman–Crippen MR) is 101 cm³/mol. The molecule has 0 fully saturated rings. The molecule has 0 saturated heterocycles. The highest BCUT2D eigenvalue weighted by molar-refractivity contribution is 7.29. The molecule has 0 N–H and O–H groups in total. The van der Waals surface area contributed by atoms with E-state index in [4.69, 9.17) is 4.74 Å². The summed E-state index contributed by atoms with van der Waals surface area (Å²) >= 11 is 2.54. The molecule has 0 bridgehead atoms. The Morgan fingerprint density at radius 1 is 1.26 bits per heavy atom. The van der Waals surface area contributed by atoms with Crippen molar-refractivity contribution in [3.8, 4) is 10.4 Å². The van der Waals surface area contributed by atoms with Gasteiger partial charge in [-0.3, -0.25) is 9.48 Å². The topological polar surface area (TPSA) is 56.5 Å². The van der Waals surface area contributed by atoms with Crippen LogP contribution in [0.3, 0.4) is 0 Å². The Morgan fingerprint density at radius 3 is 2.56 bits per heavy atom. The number of nitrogens with zero attached hydrogens (tertiary/aromatic N) is 3. The Bertz CT molecular complexity index is 1060. The summed E-state index contributed by atoms with van der Waals surface area (Å²) in [4.78, 5) is 17.6. The first kappa shape index (κ1) is 19.4. The molecule has 0 radical (unpaired) electrons. The van der Waals surface area contributed by atoms with Gasteiger partial charge in [0.15, 0.2) is 3.98 Å². The number of rotatable bonds is 4. The maximum Gasteiger partial charge on any atom is 0.311 e. The number of ether oxygens (including phenoxy) is 1. The molecule has 9 heteroatoms. The maximum absolute atomic E-state index is 14.1. The predicted octanol–water partition coefficient (Wildman–Crippen LogP) is 4.05. The third kappa shape index (κ3) is 3.84. The third-order valence-electron chi connectivity index (χ3n) is 3.99. The van der Waals surface area contributed by atoms with Crippen LogP contribution in [0, 0.1) is 25.5 Å². The summed E-state index contributed by atoms with van der Waals surface area (Å²) in [5.74, 6) is -1.61. The molecule has 0 aliphatic heterocycles. The van der Waals surface area contributed by atoms with Crippen molar-refractivity contribution < 1.29 is 18.3 Å². The highest BCUT2D eigenvalue weighted by atomic mass is 32.2. The highest BCUT2D eigenvalue weighted by Crippen LogP contribution is 2.34. The zero-order chi connectivity index (χ0) is 19.7. The van der Waals surface area contributed by atoms with E-state index in [1.807, 2.05) is 0 Å². The van der Waals surface area contributed by atoms with E-state index in [1.54, 1.807) is 25.6 Å². The van der Waals surface area contributed by atoms with E-state index in [1.165, 1.54) is 48.0 Å². The van der Waals surface area contributed by atoms with Crippen molar-refractivity contribution in [2.45, 2.75) is 20.3 Å². The quantitative estimate of drug-likeness (QED) is 0.611. The molecule has 0 aliphatic rings. The van der Waals surface area contributed by atoms with Crippen molar-refractivity contribution >= 4 is 34.3 Å². The largest absolute Gasteiger partial charge is 0.469 e. The van der Waals surface area contributed by atoms with Crippen LogP contribution in [0.2, 0.25) is 0 Å². The van der Waals surface area contributed by atoms with Gasteiger partial charge in [-0.1, -0.05) is 6.07 Å². The molecule has 3 rings (SSSR count). The van der Waals surface area contributed by atoms with E-state index in [0.717, 1.165) is 4.88 Å². The van der Waals surface area contributed by atoms with Gasteiger partial charge in [0.2, 0.25) is 0 Å². The Kier molecular flexibility index (Phi) is 5.52. The van der Waals surface area contributed by atoms with E-state index in [9.17, 15) is 13.6 Å². The average Bonchev–Trinajstić information content (AvgIpc) is 3.09. The molecular formula is C18H17F2N3O2S2. The van der Waals surface area contributed by atoms with E-state index in [-0.39, 0.29) is 12.0 Å². The minimum atomic E-state index is -0.609. The van der Waals surface area contributed by atoms with E-state index < -0.39 is 17.6 Å². The normalized spacial score (nSPS) is 11.9. The fraction of sp³-hybridized carbons (Fsp3) is 0.278. The number of halogens is 2. The number of esters is 1. The molecule has 0 atom stereocenters. The summed E-state index contributed by atoms with van der Waals surface area (Å²) in [7, 11) is 3.05. The molecule has 2 aromatic heterocycles. The monoisotopic (exact) mass is 409 g/mol. The second kappa shape index (κ2) is 7.69. The molecule has 0 saturated carbocycles. The van der Waals surface area contributed by atoms with Crippen molar-refractivity contribution in [2.24, 2.45) is 12.0 Å². The van der Waals surface area contributed by atoms with Gasteiger partial charge < -0.3 is 4.74 Å². The van der Waals surface area contributed by atoms with Crippen LogP contribution < -0.4 is 3.98 Å².